The van der Waals surface area contributed by atoms with Gasteiger partial charge in [0.15, 0.2) is 5.58 Å². The quantitative estimate of drug-likeness (QED) is 0.765. The number of nitrogens with zero attached hydrogens (tertiary/aromatic N) is 3. The number of amides is 2. The molecule has 2 amide bonds. The first kappa shape index (κ1) is 15.7. The Morgan fingerprint density at radius 3 is 3.04 bits per heavy atom. The Bertz CT molecular complexity index is 911. The fourth-order valence-corrected chi connectivity index (χ4v) is 3.38. The molecule has 0 radical (unpaired) electrons. The van der Waals surface area contributed by atoms with Gasteiger partial charge in [0.25, 0.3) is 0 Å². The van der Waals surface area contributed by atoms with E-state index in [1.807, 2.05) is 19.2 Å². The number of aromatic nitrogens is 3. The number of anilines is 1. The first-order valence-electron chi connectivity index (χ1n) is 8.63. The van der Waals surface area contributed by atoms with Crippen LogP contribution in [0.4, 0.5) is 10.5 Å². The van der Waals surface area contributed by atoms with Gasteiger partial charge in [0.1, 0.15) is 17.9 Å². The number of hydrogen-bond acceptors (Lipinski definition) is 4. The fourth-order valence-electron chi connectivity index (χ4n) is 3.38. The summed E-state index contributed by atoms with van der Waals surface area (Å²) >= 11 is 0. The zero-order valence-corrected chi connectivity index (χ0v) is 14.2. The van der Waals surface area contributed by atoms with Crippen molar-refractivity contribution in [3.05, 3.63) is 41.7 Å². The van der Waals surface area contributed by atoms with Gasteiger partial charge in [-0.15, -0.1) is 0 Å². The van der Waals surface area contributed by atoms with E-state index in [0.717, 1.165) is 41.8 Å². The Labute approximate surface area is 145 Å². The molecule has 0 saturated carbocycles. The minimum atomic E-state index is -0.246. The van der Waals surface area contributed by atoms with Crippen molar-refractivity contribution in [1.29, 1.82) is 0 Å². The molecule has 2 N–H and O–H groups in total. The number of carbonyl (C=O) groups excluding carboxylic acids is 1. The predicted molar refractivity (Wildman–Crippen MR) is 94.6 cm³/mol. The summed E-state index contributed by atoms with van der Waals surface area (Å²) in [4.78, 5) is 16.3. The second kappa shape index (κ2) is 6.58. The second-order valence-corrected chi connectivity index (χ2v) is 6.32. The molecule has 7 heteroatoms. The SMILES string of the molecule is Cn1ncnc1CCNC(=O)Nc1cccc2c3c(oc12)CCCC3. The summed E-state index contributed by atoms with van der Waals surface area (Å²) in [5, 5.41) is 10.9. The van der Waals surface area contributed by atoms with Gasteiger partial charge in [-0.3, -0.25) is 4.68 Å². The molecule has 0 aliphatic heterocycles. The van der Waals surface area contributed by atoms with Crippen LogP contribution in [0, 0.1) is 0 Å². The fraction of sp³-hybridized carbons (Fsp3) is 0.389. The number of rotatable bonds is 4. The van der Waals surface area contributed by atoms with E-state index < -0.39 is 0 Å². The number of urea groups is 1. The largest absolute Gasteiger partial charge is 0.459 e. The highest BCUT2D eigenvalue weighted by Gasteiger charge is 2.19. The number of benzene rings is 1. The zero-order chi connectivity index (χ0) is 17.2. The highest BCUT2D eigenvalue weighted by atomic mass is 16.3. The van der Waals surface area contributed by atoms with Crippen molar-refractivity contribution in [2.24, 2.45) is 7.05 Å². The average molecular weight is 339 g/mol. The van der Waals surface area contributed by atoms with Crippen LogP contribution in [0.2, 0.25) is 0 Å². The van der Waals surface area contributed by atoms with Crippen molar-refractivity contribution in [3.63, 3.8) is 0 Å². The van der Waals surface area contributed by atoms with E-state index in [2.05, 4.69) is 26.8 Å². The Hall–Kier alpha value is -2.83. The summed E-state index contributed by atoms with van der Waals surface area (Å²) in [6.45, 7) is 0.489. The minimum Gasteiger partial charge on any atom is -0.459 e. The van der Waals surface area contributed by atoms with E-state index in [1.165, 1.54) is 18.3 Å². The standard InChI is InChI=1S/C18H21N5O2/c1-23-16(20-11-21-23)9-10-19-18(24)22-14-7-4-6-13-12-5-2-3-8-15(12)25-17(13)14/h4,6-7,11H,2-3,5,8-10H2,1H3,(H2,19,22,24). The molecule has 0 saturated heterocycles. The number of aryl methyl sites for hydroxylation is 3. The van der Waals surface area contributed by atoms with Crippen molar-refractivity contribution in [2.45, 2.75) is 32.1 Å². The molecule has 25 heavy (non-hydrogen) atoms. The van der Waals surface area contributed by atoms with Crippen LogP contribution >= 0.6 is 0 Å². The molecule has 0 spiro atoms. The molecule has 1 aromatic carbocycles. The van der Waals surface area contributed by atoms with Crippen LogP contribution in [0.3, 0.4) is 0 Å². The van der Waals surface area contributed by atoms with Crippen LogP contribution in [-0.2, 0) is 26.3 Å². The highest BCUT2D eigenvalue weighted by Crippen LogP contribution is 2.35. The molecule has 1 aliphatic carbocycles. The Kier molecular flexibility index (Phi) is 4.13. The van der Waals surface area contributed by atoms with E-state index in [-0.39, 0.29) is 6.03 Å². The lowest BCUT2D eigenvalue weighted by atomic mass is 9.96. The van der Waals surface area contributed by atoms with Crippen molar-refractivity contribution >= 4 is 22.7 Å². The van der Waals surface area contributed by atoms with Crippen LogP contribution in [0.25, 0.3) is 11.0 Å². The first-order chi connectivity index (χ1) is 12.2. The van der Waals surface area contributed by atoms with Crippen LogP contribution in [-0.4, -0.2) is 27.3 Å². The van der Waals surface area contributed by atoms with E-state index in [1.54, 1.807) is 4.68 Å². The molecule has 7 nitrogen and oxygen atoms in total. The van der Waals surface area contributed by atoms with Gasteiger partial charge in [-0.1, -0.05) is 12.1 Å². The van der Waals surface area contributed by atoms with Crippen molar-refractivity contribution in [2.75, 3.05) is 11.9 Å². The Morgan fingerprint density at radius 1 is 1.32 bits per heavy atom. The lowest BCUT2D eigenvalue weighted by molar-refractivity contribution is 0.252. The van der Waals surface area contributed by atoms with Crippen molar-refractivity contribution in [3.8, 4) is 0 Å². The number of para-hydroxylation sites is 1. The molecule has 0 fully saturated rings. The summed E-state index contributed by atoms with van der Waals surface area (Å²) in [5.41, 5.74) is 2.79. The van der Waals surface area contributed by atoms with E-state index >= 15 is 0 Å². The average Bonchev–Trinajstić information content (AvgIpc) is 3.19. The Morgan fingerprint density at radius 2 is 2.20 bits per heavy atom. The maximum atomic E-state index is 12.2. The predicted octanol–water partition coefficient (Wildman–Crippen LogP) is 2.80. The van der Waals surface area contributed by atoms with E-state index in [0.29, 0.717) is 18.7 Å². The first-order valence-corrected chi connectivity index (χ1v) is 8.63. The number of hydrogen-bond donors (Lipinski definition) is 2. The number of furan rings is 1. The van der Waals surface area contributed by atoms with Gasteiger partial charge in [-0.05, 0) is 25.3 Å². The molecule has 3 aromatic rings. The van der Waals surface area contributed by atoms with Gasteiger partial charge in [-0.25, -0.2) is 9.78 Å². The molecule has 2 aromatic heterocycles. The van der Waals surface area contributed by atoms with Crippen molar-refractivity contribution < 1.29 is 9.21 Å². The van der Waals surface area contributed by atoms with Crippen LogP contribution in [0.15, 0.2) is 28.9 Å². The zero-order valence-electron chi connectivity index (χ0n) is 14.2. The number of carbonyl (C=O) groups is 1. The van der Waals surface area contributed by atoms with Crippen molar-refractivity contribution in [1.82, 2.24) is 20.1 Å². The molecule has 130 valence electrons. The molecular weight excluding hydrogens is 318 g/mol. The maximum absolute atomic E-state index is 12.2. The molecular formula is C18H21N5O2. The molecule has 0 bridgehead atoms. The van der Waals surface area contributed by atoms with Gasteiger partial charge >= 0.3 is 6.03 Å². The maximum Gasteiger partial charge on any atom is 0.319 e. The van der Waals surface area contributed by atoms with Crippen LogP contribution in [0.1, 0.15) is 30.0 Å². The molecule has 0 atom stereocenters. The lowest BCUT2D eigenvalue weighted by Gasteiger charge is -2.08. The second-order valence-electron chi connectivity index (χ2n) is 6.32. The third kappa shape index (κ3) is 3.09. The summed E-state index contributed by atoms with van der Waals surface area (Å²) in [5.74, 6) is 1.90. The highest BCUT2D eigenvalue weighted by molar-refractivity contribution is 6.00. The lowest BCUT2D eigenvalue weighted by Crippen LogP contribution is -2.30. The van der Waals surface area contributed by atoms with Gasteiger partial charge in [-0.2, -0.15) is 5.10 Å². The van der Waals surface area contributed by atoms with E-state index in [4.69, 9.17) is 4.42 Å². The summed E-state index contributed by atoms with van der Waals surface area (Å²) < 4.78 is 7.74. The van der Waals surface area contributed by atoms with Gasteiger partial charge < -0.3 is 15.1 Å². The topological polar surface area (TPSA) is 85.0 Å². The molecule has 1 aliphatic rings. The normalized spacial score (nSPS) is 13.6. The Balaban J connectivity index is 1.44. The minimum absolute atomic E-state index is 0.246. The molecule has 4 rings (SSSR count). The molecule has 2 heterocycles. The van der Waals surface area contributed by atoms with E-state index in [9.17, 15) is 4.79 Å². The van der Waals surface area contributed by atoms with Gasteiger partial charge in [0.05, 0.1) is 5.69 Å². The number of nitrogens with one attached hydrogen (secondary N) is 2. The van der Waals surface area contributed by atoms with Crippen LogP contribution < -0.4 is 10.6 Å². The van der Waals surface area contributed by atoms with Crippen LogP contribution in [0.5, 0.6) is 0 Å². The summed E-state index contributed by atoms with van der Waals surface area (Å²) in [6, 6.07) is 5.66. The third-order valence-electron chi connectivity index (χ3n) is 4.67. The molecule has 0 unspecified atom stereocenters. The number of fused-ring (bicyclic) bond motifs is 3. The third-order valence-corrected chi connectivity index (χ3v) is 4.67. The summed E-state index contributed by atoms with van der Waals surface area (Å²) in [7, 11) is 1.84. The van der Waals surface area contributed by atoms with Gasteiger partial charge in [0.2, 0.25) is 0 Å². The summed E-state index contributed by atoms with van der Waals surface area (Å²) in [6.07, 6.45) is 6.53. The van der Waals surface area contributed by atoms with Gasteiger partial charge in [0, 0.05) is 37.4 Å². The smallest absolute Gasteiger partial charge is 0.319 e. The monoisotopic (exact) mass is 339 g/mol.